The average Bonchev–Trinajstić information content (AvgIpc) is 3.36. The van der Waals surface area contributed by atoms with Gasteiger partial charge in [0.15, 0.2) is 0 Å². The van der Waals surface area contributed by atoms with E-state index in [9.17, 15) is 9.59 Å². The van der Waals surface area contributed by atoms with E-state index in [4.69, 9.17) is 9.47 Å². The van der Waals surface area contributed by atoms with E-state index in [1.807, 2.05) is 65.5 Å². The van der Waals surface area contributed by atoms with Crippen molar-refractivity contribution < 1.29 is 19.1 Å². The van der Waals surface area contributed by atoms with Gasteiger partial charge >= 0.3 is 5.97 Å². The van der Waals surface area contributed by atoms with Crippen LogP contribution in [0.4, 0.5) is 5.00 Å². The second kappa shape index (κ2) is 8.65. The highest BCUT2D eigenvalue weighted by Crippen LogP contribution is 2.37. The Balaban J connectivity index is 1.74. The molecule has 0 fully saturated rings. The topological polar surface area (TPSA) is 69.6 Å². The number of nitrogens with zero attached hydrogens (tertiary/aromatic N) is 1. The van der Waals surface area contributed by atoms with E-state index in [-0.39, 0.29) is 12.5 Å². The molecule has 2 aromatic heterocycles. The van der Waals surface area contributed by atoms with Crippen LogP contribution in [0.2, 0.25) is 0 Å². The van der Waals surface area contributed by atoms with Crippen molar-refractivity contribution in [1.29, 1.82) is 0 Å². The second-order valence-electron chi connectivity index (χ2n) is 6.88. The summed E-state index contributed by atoms with van der Waals surface area (Å²) in [5.41, 5.74) is 3.33. The van der Waals surface area contributed by atoms with Gasteiger partial charge in [0.25, 0.3) is 5.91 Å². The molecular weight excluding hydrogens is 412 g/mol. The average molecular weight is 435 g/mol. The Morgan fingerprint density at radius 2 is 1.87 bits per heavy atom. The summed E-state index contributed by atoms with van der Waals surface area (Å²) in [5, 5.41) is 6.08. The fraction of sp³-hybridized carbons (Fsp3) is 0.167. The zero-order valence-corrected chi connectivity index (χ0v) is 18.3. The molecule has 158 valence electrons. The van der Waals surface area contributed by atoms with Gasteiger partial charge in [-0.05, 0) is 30.7 Å². The number of hydrogen-bond acceptors (Lipinski definition) is 5. The van der Waals surface area contributed by atoms with Gasteiger partial charge in [-0.3, -0.25) is 4.79 Å². The van der Waals surface area contributed by atoms with Gasteiger partial charge in [0.1, 0.15) is 22.0 Å². The number of carbonyl (C=O) groups excluding carboxylic acids is 2. The van der Waals surface area contributed by atoms with Crippen molar-refractivity contribution in [2.75, 3.05) is 19.0 Å². The lowest BCUT2D eigenvalue weighted by Gasteiger charge is -2.09. The molecule has 0 aliphatic carbocycles. The quantitative estimate of drug-likeness (QED) is 0.416. The normalized spacial score (nSPS) is 10.8. The molecule has 1 amide bonds. The van der Waals surface area contributed by atoms with Crippen LogP contribution in [0.1, 0.15) is 27.8 Å². The van der Waals surface area contributed by atoms with Gasteiger partial charge in [0.2, 0.25) is 0 Å². The maximum atomic E-state index is 13.2. The van der Waals surface area contributed by atoms with Crippen molar-refractivity contribution >= 4 is 39.1 Å². The Kier molecular flexibility index (Phi) is 5.77. The van der Waals surface area contributed by atoms with Crippen molar-refractivity contribution in [3.63, 3.8) is 0 Å². The molecule has 0 spiro atoms. The highest BCUT2D eigenvalue weighted by Gasteiger charge is 2.24. The van der Waals surface area contributed by atoms with E-state index in [1.54, 1.807) is 20.1 Å². The summed E-state index contributed by atoms with van der Waals surface area (Å²) in [6.45, 7) is 2.01. The number of carbonyl (C=O) groups is 2. The van der Waals surface area contributed by atoms with Gasteiger partial charge in [-0.2, -0.15) is 0 Å². The van der Waals surface area contributed by atoms with E-state index < -0.39 is 5.97 Å². The largest absolute Gasteiger partial charge is 0.496 e. The first-order chi connectivity index (χ1) is 15.0. The van der Waals surface area contributed by atoms with Crippen LogP contribution in [-0.2, 0) is 11.8 Å². The van der Waals surface area contributed by atoms with Crippen LogP contribution in [-0.4, -0.2) is 30.2 Å². The molecule has 1 N–H and O–H groups in total. The first kappa shape index (κ1) is 20.7. The Morgan fingerprint density at radius 3 is 2.58 bits per heavy atom. The lowest BCUT2D eigenvalue weighted by atomic mass is 10.0. The Labute approximate surface area is 184 Å². The number of amides is 1. The summed E-state index contributed by atoms with van der Waals surface area (Å²) >= 11 is 1.30. The standard InChI is InChI=1S/C24H22N2O4S/c1-4-30-24(28)21-17(15-9-6-5-7-10-15)14-31-23(21)25-22(27)19-13-16-18(26(19)2)11-8-12-20(16)29-3/h5-14H,4H2,1-3H3,(H,25,27). The molecule has 6 nitrogen and oxygen atoms in total. The molecule has 0 unspecified atom stereocenters. The Bertz CT molecular complexity index is 1260. The van der Waals surface area contributed by atoms with E-state index in [1.165, 1.54) is 11.3 Å². The van der Waals surface area contributed by atoms with Gasteiger partial charge in [-0.1, -0.05) is 36.4 Å². The molecule has 4 rings (SSSR count). The van der Waals surface area contributed by atoms with Crippen LogP contribution >= 0.6 is 11.3 Å². The number of esters is 1. The number of hydrogen-bond donors (Lipinski definition) is 1. The molecule has 0 saturated heterocycles. The van der Waals surface area contributed by atoms with E-state index in [0.717, 1.165) is 22.0 Å². The first-order valence-corrected chi connectivity index (χ1v) is 10.7. The number of benzene rings is 2. The minimum Gasteiger partial charge on any atom is -0.496 e. The molecule has 0 saturated carbocycles. The molecule has 7 heteroatoms. The Morgan fingerprint density at radius 1 is 1.10 bits per heavy atom. The number of aromatic nitrogens is 1. The number of ether oxygens (including phenoxy) is 2. The van der Waals surface area contributed by atoms with E-state index in [2.05, 4.69) is 5.32 Å². The van der Waals surface area contributed by atoms with E-state index >= 15 is 0 Å². The third-order valence-corrected chi connectivity index (χ3v) is 5.98. The molecule has 4 aromatic rings. The second-order valence-corrected chi connectivity index (χ2v) is 7.76. The first-order valence-electron chi connectivity index (χ1n) is 9.83. The molecule has 2 heterocycles. The monoisotopic (exact) mass is 434 g/mol. The zero-order valence-electron chi connectivity index (χ0n) is 17.5. The van der Waals surface area contributed by atoms with Gasteiger partial charge < -0.3 is 19.4 Å². The molecule has 0 bridgehead atoms. The maximum absolute atomic E-state index is 13.2. The fourth-order valence-corrected chi connectivity index (χ4v) is 4.53. The molecule has 0 aliphatic rings. The highest BCUT2D eigenvalue weighted by molar-refractivity contribution is 7.15. The van der Waals surface area contributed by atoms with Crippen LogP contribution < -0.4 is 10.1 Å². The summed E-state index contributed by atoms with van der Waals surface area (Å²) in [5.74, 6) is -0.0776. The van der Waals surface area contributed by atoms with Crippen molar-refractivity contribution in [2.45, 2.75) is 6.92 Å². The number of anilines is 1. The molecule has 31 heavy (non-hydrogen) atoms. The van der Waals surface area contributed by atoms with Crippen LogP contribution in [0.25, 0.3) is 22.0 Å². The minimum absolute atomic E-state index is 0.249. The highest BCUT2D eigenvalue weighted by atomic mass is 32.1. The number of thiophene rings is 1. The minimum atomic E-state index is -0.461. The van der Waals surface area contributed by atoms with Gasteiger partial charge in [-0.25, -0.2) is 4.79 Å². The lowest BCUT2D eigenvalue weighted by molar-refractivity contribution is 0.0529. The number of nitrogens with one attached hydrogen (secondary N) is 1. The fourth-order valence-electron chi connectivity index (χ4n) is 3.58. The van der Waals surface area contributed by atoms with E-state index in [0.29, 0.717) is 22.0 Å². The molecule has 0 atom stereocenters. The summed E-state index contributed by atoms with van der Waals surface area (Å²) in [6.07, 6.45) is 0. The van der Waals surface area contributed by atoms with Gasteiger partial charge in [-0.15, -0.1) is 11.3 Å². The predicted molar refractivity (Wildman–Crippen MR) is 123 cm³/mol. The molecule has 2 aromatic carbocycles. The summed E-state index contributed by atoms with van der Waals surface area (Å²) in [6, 6.07) is 17.0. The van der Waals surface area contributed by atoms with Gasteiger partial charge in [0.05, 0.1) is 19.2 Å². The van der Waals surface area contributed by atoms with Crippen molar-refractivity contribution in [2.24, 2.45) is 7.05 Å². The zero-order chi connectivity index (χ0) is 22.0. The lowest BCUT2D eigenvalue weighted by Crippen LogP contribution is -2.17. The molecule has 0 radical (unpaired) electrons. The van der Waals surface area contributed by atoms with Gasteiger partial charge in [0, 0.05) is 23.4 Å². The number of rotatable bonds is 6. The third kappa shape index (κ3) is 3.80. The van der Waals surface area contributed by atoms with Crippen LogP contribution in [0.5, 0.6) is 5.75 Å². The maximum Gasteiger partial charge on any atom is 0.341 e. The summed E-state index contributed by atoms with van der Waals surface area (Å²) in [7, 11) is 3.43. The summed E-state index contributed by atoms with van der Waals surface area (Å²) in [4.78, 5) is 25.9. The number of methoxy groups -OCH3 is 1. The van der Waals surface area contributed by atoms with Crippen molar-refractivity contribution in [3.05, 3.63) is 71.2 Å². The van der Waals surface area contributed by atoms with Crippen LogP contribution in [0.3, 0.4) is 0 Å². The van der Waals surface area contributed by atoms with Crippen molar-refractivity contribution in [3.8, 4) is 16.9 Å². The predicted octanol–water partition coefficient (Wildman–Crippen LogP) is 5.34. The number of aryl methyl sites for hydroxylation is 1. The Hall–Kier alpha value is -3.58. The smallest absolute Gasteiger partial charge is 0.341 e. The van der Waals surface area contributed by atoms with Crippen LogP contribution in [0, 0.1) is 0 Å². The number of fused-ring (bicyclic) bond motifs is 1. The summed E-state index contributed by atoms with van der Waals surface area (Å²) < 4.78 is 12.5. The molecule has 0 aliphatic heterocycles. The SMILES string of the molecule is CCOC(=O)c1c(-c2ccccc2)csc1NC(=O)c1cc2c(OC)cccc2n1C. The molecular formula is C24H22N2O4S. The third-order valence-electron chi connectivity index (χ3n) is 5.08. The van der Waals surface area contributed by atoms with Crippen LogP contribution in [0.15, 0.2) is 60.0 Å². The van der Waals surface area contributed by atoms with Crippen molar-refractivity contribution in [1.82, 2.24) is 4.57 Å².